The minimum atomic E-state index is -1.18. The Hall–Kier alpha value is -2.37. The molecule has 3 aromatic rings. The Labute approximate surface area is 166 Å². The van der Waals surface area contributed by atoms with Crippen LogP contribution in [0.3, 0.4) is 0 Å². The molecule has 0 aliphatic heterocycles. The molecule has 140 valence electrons. The lowest BCUT2D eigenvalue weighted by atomic mass is 10.1. The van der Waals surface area contributed by atoms with Gasteiger partial charge < -0.3 is 9.73 Å². The van der Waals surface area contributed by atoms with Crippen LogP contribution < -0.4 is 5.32 Å². The predicted octanol–water partition coefficient (Wildman–Crippen LogP) is 4.62. The Morgan fingerprint density at radius 2 is 1.78 bits per heavy atom. The number of furan rings is 1. The highest BCUT2D eigenvalue weighted by Gasteiger charge is 2.13. The first-order valence-corrected chi connectivity index (χ1v) is 10.4. The molecular formula is C21H20ClNO3S. The van der Waals surface area contributed by atoms with Crippen molar-refractivity contribution in [1.82, 2.24) is 5.32 Å². The number of hydrogen-bond donors (Lipinski definition) is 1. The van der Waals surface area contributed by atoms with Crippen molar-refractivity contribution in [2.24, 2.45) is 0 Å². The fraction of sp³-hybridized carbons (Fsp3) is 0.190. The zero-order valence-corrected chi connectivity index (χ0v) is 16.5. The van der Waals surface area contributed by atoms with E-state index < -0.39 is 10.8 Å². The van der Waals surface area contributed by atoms with E-state index in [2.05, 4.69) is 5.32 Å². The number of hydrogen-bond acceptors (Lipinski definition) is 3. The number of amides is 1. The molecule has 4 nitrogen and oxygen atoms in total. The van der Waals surface area contributed by atoms with Crippen molar-refractivity contribution in [3.05, 3.63) is 93.9 Å². The summed E-state index contributed by atoms with van der Waals surface area (Å²) in [4.78, 5) is 12.2. The van der Waals surface area contributed by atoms with E-state index in [0.29, 0.717) is 23.1 Å². The lowest BCUT2D eigenvalue weighted by Crippen LogP contribution is -2.22. The first kappa shape index (κ1) is 19.4. The molecule has 1 amide bonds. The van der Waals surface area contributed by atoms with Crippen molar-refractivity contribution in [1.29, 1.82) is 0 Å². The highest BCUT2D eigenvalue weighted by molar-refractivity contribution is 7.83. The number of carbonyl (C=O) groups is 1. The van der Waals surface area contributed by atoms with Gasteiger partial charge in [0.15, 0.2) is 5.76 Å². The second kappa shape index (κ2) is 9.02. The van der Waals surface area contributed by atoms with E-state index in [4.69, 9.17) is 16.0 Å². The summed E-state index contributed by atoms with van der Waals surface area (Å²) >= 11 is 6.10. The van der Waals surface area contributed by atoms with Crippen molar-refractivity contribution in [2.75, 3.05) is 0 Å². The zero-order chi connectivity index (χ0) is 19.2. The molecule has 3 rings (SSSR count). The quantitative estimate of drug-likeness (QED) is 0.628. The summed E-state index contributed by atoms with van der Waals surface area (Å²) in [6, 6.07) is 18.6. The predicted molar refractivity (Wildman–Crippen MR) is 108 cm³/mol. The number of aryl methyl sites for hydroxylation is 1. The molecule has 2 aromatic carbocycles. The first-order chi connectivity index (χ1) is 13.0. The Balaban J connectivity index is 1.54. The van der Waals surface area contributed by atoms with Crippen molar-refractivity contribution in [2.45, 2.75) is 25.0 Å². The lowest BCUT2D eigenvalue weighted by Gasteiger charge is -2.04. The van der Waals surface area contributed by atoms with E-state index in [0.717, 1.165) is 11.1 Å². The molecule has 1 N–H and O–H groups in total. The number of benzene rings is 2. The molecule has 0 aliphatic rings. The maximum Gasteiger partial charge on any atom is 0.287 e. The van der Waals surface area contributed by atoms with Gasteiger partial charge in [0.25, 0.3) is 5.91 Å². The van der Waals surface area contributed by atoms with Gasteiger partial charge in [0.2, 0.25) is 0 Å². The minimum Gasteiger partial charge on any atom is -0.455 e. The zero-order valence-electron chi connectivity index (χ0n) is 14.9. The van der Waals surface area contributed by atoms with E-state index in [1.165, 1.54) is 5.56 Å². The van der Waals surface area contributed by atoms with Gasteiger partial charge >= 0.3 is 0 Å². The number of carbonyl (C=O) groups excluding carboxylic acids is 1. The van der Waals surface area contributed by atoms with Crippen molar-refractivity contribution in [3.8, 4) is 0 Å². The van der Waals surface area contributed by atoms with E-state index >= 15 is 0 Å². The summed E-state index contributed by atoms with van der Waals surface area (Å²) in [7, 11) is -1.18. The smallest absolute Gasteiger partial charge is 0.287 e. The summed E-state index contributed by atoms with van der Waals surface area (Å²) in [6.45, 7) is 2.44. The Kier molecular flexibility index (Phi) is 6.48. The summed E-state index contributed by atoms with van der Waals surface area (Å²) in [5, 5.41) is 3.42. The van der Waals surface area contributed by atoms with Gasteiger partial charge in [-0.25, -0.2) is 0 Å². The third-order valence-electron chi connectivity index (χ3n) is 4.04. The average Bonchev–Trinajstić information content (AvgIpc) is 3.11. The fourth-order valence-electron chi connectivity index (χ4n) is 2.55. The van der Waals surface area contributed by atoms with Crippen LogP contribution in [0.1, 0.15) is 33.0 Å². The monoisotopic (exact) mass is 401 g/mol. The van der Waals surface area contributed by atoms with E-state index in [1.54, 1.807) is 18.2 Å². The molecule has 1 atom stereocenters. The molecule has 0 bridgehead atoms. The third kappa shape index (κ3) is 5.55. The van der Waals surface area contributed by atoms with Crippen LogP contribution in [0.4, 0.5) is 0 Å². The summed E-state index contributed by atoms with van der Waals surface area (Å²) in [5.74, 6) is 1.01. The Bertz CT molecular complexity index is 950. The topological polar surface area (TPSA) is 59.3 Å². The van der Waals surface area contributed by atoms with Crippen LogP contribution in [0.5, 0.6) is 0 Å². The number of nitrogens with one attached hydrogen (secondary N) is 1. The van der Waals surface area contributed by atoms with Gasteiger partial charge in [-0.2, -0.15) is 0 Å². The van der Waals surface area contributed by atoms with Gasteiger partial charge in [-0.3, -0.25) is 9.00 Å². The minimum absolute atomic E-state index is 0.215. The Morgan fingerprint density at radius 1 is 1.04 bits per heavy atom. The highest BCUT2D eigenvalue weighted by atomic mass is 35.5. The third-order valence-corrected chi connectivity index (χ3v) is 5.64. The summed E-state index contributed by atoms with van der Waals surface area (Å²) < 4.78 is 17.9. The lowest BCUT2D eigenvalue weighted by molar-refractivity contribution is 0.0921. The van der Waals surface area contributed by atoms with Gasteiger partial charge in [0.1, 0.15) is 5.76 Å². The Morgan fingerprint density at radius 3 is 2.52 bits per heavy atom. The average molecular weight is 402 g/mol. The van der Waals surface area contributed by atoms with E-state index in [-0.39, 0.29) is 17.4 Å². The maximum absolute atomic E-state index is 12.3. The molecule has 27 heavy (non-hydrogen) atoms. The molecule has 1 heterocycles. The van der Waals surface area contributed by atoms with Gasteiger partial charge in [-0.15, -0.1) is 0 Å². The second-order valence-corrected chi connectivity index (χ2v) is 8.12. The largest absolute Gasteiger partial charge is 0.455 e. The highest BCUT2D eigenvalue weighted by Crippen LogP contribution is 2.19. The van der Waals surface area contributed by atoms with Gasteiger partial charge in [0.05, 0.1) is 11.5 Å². The van der Waals surface area contributed by atoms with E-state index in [1.807, 2.05) is 49.4 Å². The van der Waals surface area contributed by atoms with Crippen molar-refractivity contribution < 1.29 is 13.4 Å². The van der Waals surface area contributed by atoms with Crippen LogP contribution in [0.15, 0.2) is 65.1 Å². The van der Waals surface area contributed by atoms with Crippen molar-refractivity contribution in [3.63, 3.8) is 0 Å². The molecule has 0 spiro atoms. The summed E-state index contributed by atoms with van der Waals surface area (Å²) in [5.41, 5.74) is 3.02. The maximum atomic E-state index is 12.3. The number of halogens is 1. The summed E-state index contributed by atoms with van der Waals surface area (Å²) in [6.07, 6.45) is 0. The van der Waals surface area contributed by atoms with Gasteiger partial charge in [-0.05, 0) is 36.2 Å². The molecule has 0 fully saturated rings. The standard InChI is InChI=1S/C21H20ClNO3S/c1-15-6-8-16(9-7-15)12-23-21(24)20-11-10-18(26-20)14-27(25)13-17-4-2-3-5-19(17)22/h2-11H,12-14H2,1H3,(H,23,24)/t27-/m1/s1. The molecule has 0 radical (unpaired) electrons. The van der Waals surface area contributed by atoms with Crippen LogP contribution in [-0.2, 0) is 28.9 Å². The van der Waals surface area contributed by atoms with E-state index in [9.17, 15) is 9.00 Å². The van der Waals surface area contributed by atoms with Crippen LogP contribution in [0, 0.1) is 6.92 Å². The van der Waals surface area contributed by atoms with Gasteiger partial charge in [0, 0.05) is 22.4 Å². The molecule has 0 unspecified atom stereocenters. The van der Waals surface area contributed by atoms with Crippen LogP contribution >= 0.6 is 11.6 Å². The van der Waals surface area contributed by atoms with Crippen LogP contribution in [-0.4, -0.2) is 10.1 Å². The second-order valence-electron chi connectivity index (χ2n) is 6.25. The first-order valence-electron chi connectivity index (χ1n) is 8.52. The molecular weight excluding hydrogens is 382 g/mol. The van der Waals surface area contributed by atoms with Gasteiger partial charge in [-0.1, -0.05) is 59.6 Å². The SMILES string of the molecule is Cc1ccc(CNC(=O)c2ccc(C[S@](=O)Cc3ccccc3Cl)o2)cc1. The molecule has 0 saturated heterocycles. The molecule has 6 heteroatoms. The number of rotatable bonds is 7. The molecule has 0 aliphatic carbocycles. The fourth-order valence-corrected chi connectivity index (χ4v) is 4.01. The van der Waals surface area contributed by atoms with Crippen LogP contribution in [0.25, 0.3) is 0 Å². The van der Waals surface area contributed by atoms with Crippen LogP contribution in [0.2, 0.25) is 5.02 Å². The molecule has 1 aromatic heterocycles. The normalized spacial score (nSPS) is 11.9. The van der Waals surface area contributed by atoms with Crippen molar-refractivity contribution >= 4 is 28.3 Å². The molecule has 0 saturated carbocycles.